The second kappa shape index (κ2) is 6.16. The molecule has 2 aromatic heterocycles. The van der Waals surface area contributed by atoms with Gasteiger partial charge in [-0.2, -0.15) is 13.2 Å². The lowest BCUT2D eigenvalue weighted by atomic mass is 9.84. The molecule has 8 heteroatoms. The van der Waals surface area contributed by atoms with Crippen molar-refractivity contribution in [1.82, 2.24) is 14.7 Å². The molecule has 1 aliphatic carbocycles. The molecule has 5 nitrogen and oxygen atoms in total. The van der Waals surface area contributed by atoms with Crippen molar-refractivity contribution in [3.8, 4) is 0 Å². The van der Waals surface area contributed by atoms with E-state index in [9.17, 15) is 22.8 Å². The lowest BCUT2D eigenvalue weighted by Gasteiger charge is -2.21. The fourth-order valence-corrected chi connectivity index (χ4v) is 3.17. The molecule has 0 aromatic carbocycles. The van der Waals surface area contributed by atoms with E-state index < -0.39 is 17.8 Å². The van der Waals surface area contributed by atoms with Gasteiger partial charge in [-0.3, -0.25) is 9.59 Å². The summed E-state index contributed by atoms with van der Waals surface area (Å²) in [5.74, 6) is -0.513. The summed E-state index contributed by atoms with van der Waals surface area (Å²) in [6.07, 6.45) is 1.22. The van der Waals surface area contributed by atoms with Crippen LogP contribution in [0.25, 0.3) is 5.65 Å². The second-order valence-electron chi connectivity index (χ2n) is 6.68. The van der Waals surface area contributed by atoms with E-state index in [4.69, 9.17) is 0 Å². The molecule has 1 saturated carbocycles. The topological polar surface area (TPSA) is 63.5 Å². The van der Waals surface area contributed by atoms with Crippen LogP contribution in [-0.4, -0.2) is 27.6 Å². The zero-order valence-corrected chi connectivity index (χ0v) is 13.7. The van der Waals surface area contributed by atoms with Gasteiger partial charge in [0.05, 0.1) is 12.1 Å². The molecule has 1 aliphatic rings. The van der Waals surface area contributed by atoms with Crippen LogP contribution in [0.1, 0.15) is 48.7 Å². The van der Waals surface area contributed by atoms with Gasteiger partial charge >= 0.3 is 6.18 Å². The number of pyridine rings is 1. The SMILES string of the molecule is CC1(C(=O)CNC(=O)c2ccc3nc(C(F)(F)F)cn3c2)CCCC1. The molecule has 0 bridgehead atoms. The highest BCUT2D eigenvalue weighted by Gasteiger charge is 2.36. The van der Waals surface area contributed by atoms with Gasteiger partial charge in [0.15, 0.2) is 11.5 Å². The van der Waals surface area contributed by atoms with E-state index in [1.807, 2.05) is 6.92 Å². The standard InChI is InChI=1S/C17H18F3N3O2/c1-16(6-2-3-7-16)13(24)8-21-15(25)11-4-5-14-22-12(17(18,19)20)10-23(14)9-11/h4-5,9-10H,2-3,6-8H2,1H3,(H,21,25). The number of Topliss-reactive ketones (excluding diaryl/α,β-unsaturated/α-hetero) is 1. The maximum absolute atomic E-state index is 12.7. The summed E-state index contributed by atoms with van der Waals surface area (Å²) in [4.78, 5) is 27.9. The van der Waals surface area contributed by atoms with Crippen LogP contribution in [0.4, 0.5) is 13.2 Å². The minimum atomic E-state index is -4.54. The highest BCUT2D eigenvalue weighted by Crippen LogP contribution is 2.38. The Morgan fingerprint density at radius 3 is 2.56 bits per heavy atom. The number of carbonyl (C=O) groups excluding carboxylic acids is 2. The van der Waals surface area contributed by atoms with Crippen molar-refractivity contribution in [3.63, 3.8) is 0 Å². The number of fused-ring (bicyclic) bond motifs is 1. The van der Waals surface area contributed by atoms with E-state index in [0.717, 1.165) is 36.3 Å². The molecule has 0 radical (unpaired) electrons. The fraction of sp³-hybridized carbons (Fsp3) is 0.471. The van der Waals surface area contributed by atoms with E-state index in [1.54, 1.807) is 0 Å². The molecular formula is C17H18F3N3O2. The Balaban J connectivity index is 1.70. The number of amides is 1. The fourth-order valence-electron chi connectivity index (χ4n) is 3.17. The number of rotatable bonds is 4. The molecule has 0 unspecified atom stereocenters. The normalized spacial score (nSPS) is 17.0. The Morgan fingerprint density at radius 2 is 1.92 bits per heavy atom. The number of nitrogens with zero attached hydrogens (tertiary/aromatic N) is 2. The molecule has 1 N–H and O–H groups in total. The van der Waals surface area contributed by atoms with Crippen LogP contribution in [0.2, 0.25) is 0 Å². The molecule has 0 atom stereocenters. The minimum absolute atomic E-state index is 0.0126. The minimum Gasteiger partial charge on any atom is -0.345 e. The third-order valence-electron chi connectivity index (χ3n) is 4.79. The summed E-state index contributed by atoms with van der Waals surface area (Å²) in [5.41, 5.74) is -1.14. The van der Waals surface area contributed by atoms with Crippen molar-refractivity contribution in [1.29, 1.82) is 0 Å². The van der Waals surface area contributed by atoms with Crippen molar-refractivity contribution in [2.24, 2.45) is 5.41 Å². The summed E-state index contributed by atoms with van der Waals surface area (Å²) in [6, 6.07) is 2.73. The summed E-state index contributed by atoms with van der Waals surface area (Å²) >= 11 is 0. The van der Waals surface area contributed by atoms with Gasteiger partial charge in [0, 0.05) is 17.8 Å². The van der Waals surface area contributed by atoms with Crippen molar-refractivity contribution < 1.29 is 22.8 Å². The maximum Gasteiger partial charge on any atom is 0.434 e. The lowest BCUT2D eigenvalue weighted by Crippen LogP contribution is -2.37. The van der Waals surface area contributed by atoms with Crippen LogP contribution in [0.15, 0.2) is 24.5 Å². The largest absolute Gasteiger partial charge is 0.434 e. The smallest absolute Gasteiger partial charge is 0.345 e. The van der Waals surface area contributed by atoms with Gasteiger partial charge in [-0.25, -0.2) is 4.98 Å². The van der Waals surface area contributed by atoms with Crippen LogP contribution >= 0.6 is 0 Å². The number of aromatic nitrogens is 2. The molecule has 1 fully saturated rings. The van der Waals surface area contributed by atoms with Crippen LogP contribution in [0.3, 0.4) is 0 Å². The maximum atomic E-state index is 12.7. The molecule has 0 spiro atoms. The van der Waals surface area contributed by atoms with E-state index >= 15 is 0 Å². The van der Waals surface area contributed by atoms with Crippen LogP contribution in [-0.2, 0) is 11.0 Å². The number of hydrogen-bond acceptors (Lipinski definition) is 3. The molecule has 0 aliphatic heterocycles. The van der Waals surface area contributed by atoms with Crippen LogP contribution in [0.5, 0.6) is 0 Å². The molecule has 2 heterocycles. The number of ketones is 1. The van der Waals surface area contributed by atoms with Gasteiger partial charge in [0.25, 0.3) is 5.91 Å². The summed E-state index contributed by atoms with van der Waals surface area (Å²) < 4.78 is 39.2. The quantitative estimate of drug-likeness (QED) is 0.918. The molecule has 1 amide bonds. The molecule has 3 rings (SSSR count). The van der Waals surface area contributed by atoms with Gasteiger partial charge < -0.3 is 9.72 Å². The van der Waals surface area contributed by atoms with Crippen molar-refractivity contribution in [2.45, 2.75) is 38.8 Å². The van der Waals surface area contributed by atoms with Gasteiger partial charge in [-0.1, -0.05) is 19.8 Å². The number of carbonyl (C=O) groups is 2. The first-order valence-electron chi connectivity index (χ1n) is 8.06. The Labute approximate surface area is 142 Å². The summed E-state index contributed by atoms with van der Waals surface area (Å²) in [7, 11) is 0. The highest BCUT2D eigenvalue weighted by atomic mass is 19.4. The first-order valence-corrected chi connectivity index (χ1v) is 8.06. The Bertz CT molecular complexity index is 820. The average molecular weight is 353 g/mol. The number of nitrogens with one attached hydrogen (secondary N) is 1. The molecular weight excluding hydrogens is 335 g/mol. The Morgan fingerprint density at radius 1 is 1.24 bits per heavy atom. The number of halogens is 3. The molecule has 0 saturated heterocycles. The van der Waals surface area contributed by atoms with E-state index in [1.165, 1.54) is 18.3 Å². The highest BCUT2D eigenvalue weighted by molar-refractivity contribution is 5.97. The van der Waals surface area contributed by atoms with Crippen LogP contribution in [0, 0.1) is 5.41 Å². The van der Waals surface area contributed by atoms with Crippen molar-refractivity contribution in [2.75, 3.05) is 6.54 Å². The van der Waals surface area contributed by atoms with E-state index in [0.29, 0.717) is 0 Å². The number of alkyl halides is 3. The second-order valence-corrected chi connectivity index (χ2v) is 6.68. The Hall–Kier alpha value is -2.38. The van der Waals surface area contributed by atoms with Crippen LogP contribution < -0.4 is 5.32 Å². The molecule has 2 aromatic rings. The van der Waals surface area contributed by atoms with Crippen molar-refractivity contribution in [3.05, 3.63) is 35.8 Å². The lowest BCUT2D eigenvalue weighted by molar-refractivity contribution is -0.140. The number of imidazole rings is 1. The van der Waals surface area contributed by atoms with Crippen molar-refractivity contribution >= 4 is 17.3 Å². The third kappa shape index (κ3) is 3.52. The zero-order valence-electron chi connectivity index (χ0n) is 13.7. The van der Waals surface area contributed by atoms with Gasteiger partial charge in [0.1, 0.15) is 5.65 Å². The van der Waals surface area contributed by atoms with Gasteiger partial charge in [0.2, 0.25) is 0 Å². The van der Waals surface area contributed by atoms with E-state index in [2.05, 4.69) is 10.3 Å². The summed E-state index contributed by atoms with van der Waals surface area (Å²) in [5, 5.41) is 2.56. The van der Waals surface area contributed by atoms with E-state index in [-0.39, 0.29) is 29.0 Å². The third-order valence-corrected chi connectivity index (χ3v) is 4.79. The first kappa shape index (κ1) is 17.4. The summed E-state index contributed by atoms with van der Waals surface area (Å²) in [6.45, 7) is 1.83. The first-order chi connectivity index (χ1) is 11.7. The number of hydrogen-bond donors (Lipinski definition) is 1. The Kier molecular flexibility index (Phi) is 4.30. The van der Waals surface area contributed by atoms with Gasteiger partial charge in [-0.15, -0.1) is 0 Å². The monoisotopic (exact) mass is 353 g/mol. The molecule has 25 heavy (non-hydrogen) atoms. The van der Waals surface area contributed by atoms with Gasteiger partial charge in [-0.05, 0) is 25.0 Å². The average Bonchev–Trinajstić information content (AvgIpc) is 3.18. The molecule has 134 valence electrons. The predicted octanol–water partition coefficient (Wildman–Crippen LogP) is 3.23. The zero-order chi connectivity index (χ0) is 18.2. The predicted molar refractivity (Wildman–Crippen MR) is 84.1 cm³/mol.